The normalized spacial score (nSPS) is 10.8. The smallest absolute Gasteiger partial charge is 0.188 e. The molecule has 1 heterocycles. The third-order valence-corrected chi connectivity index (χ3v) is 4.06. The van der Waals surface area contributed by atoms with Crippen molar-refractivity contribution in [3.05, 3.63) is 50.9 Å². The number of hydrogen-bond donors (Lipinski definition) is 1. The number of rotatable bonds is 2. The quantitative estimate of drug-likeness (QED) is 0.678. The lowest BCUT2D eigenvalue weighted by Gasteiger charge is -2.08. The van der Waals surface area contributed by atoms with Gasteiger partial charge in [-0.2, -0.15) is 4.68 Å². The number of hydrogen-bond acceptors (Lipinski definition) is 4. The molecule has 3 rings (SSSR count). The minimum Gasteiger partial charge on any atom is -0.399 e. The Kier molecular flexibility index (Phi) is 3.84. The lowest BCUT2D eigenvalue weighted by molar-refractivity contribution is 0.789. The van der Waals surface area contributed by atoms with Crippen LogP contribution in [0.15, 0.2) is 40.9 Å². The molecule has 0 saturated heterocycles. The molecule has 0 atom stereocenters. The van der Waals surface area contributed by atoms with Crippen LogP contribution in [0.5, 0.6) is 0 Å². The summed E-state index contributed by atoms with van der Waals surface area (Å²) in [6.45, 7) is 0. The molecule has 0 aliphatic rings. The van der Waals surface area contributed by atoms with Gasteiger partial charge in [-0.1, -0.05) is 23.2 Å². The van der Waals surface area contributed by atoms with Gasteiger partial charge >= 0.3 is 0 Å². The first-order valence-corrected chi connectivity index (χ1v) is 7.40. The first kappa shape index (κ1) is 14.3. The largest absolute Gasteiger partial charge is 0.399 e. The van der Waals surface area contributed by atoms with Crippen LogP contribution >= 0.6 is 39.1 Å². The van der Waals surface area contributed by atoms with E-state index in [0.29, 0.717) is 27.1 Å². The summed E-state index contributed by atoms with van der Waals surface area (Å²) in [5, 5.41) is 12.8. The second-order valence-corrected chi connectivity index (χ2v) is 5.95. The molecule has 2 aromatic carbocycles. The van der Waals surface area contributed by atoms with Crippen molar-refractivity contribution in [1.29, 1.82) is 0 Å². The molecular weight excluding hydrogens is 377 g/mol. The standard InChI is InChI=1S/C13H8BrCl2N5/c14-10-4-1-7(15)5-12(10)21-13(18-19-20-21)9-3-2-8(17)6-11(9)16/h1-6H,17H2. The molecule has 0 radical (unpaired) electrons. The van der Waals surface area contributed by atoms with E-state index in [1.807, 2.05) is 6.07 Å². The Morgan fingerprint density at radius 2 is 1.90 bits per heavy atom. The van der Waals surface area contributed by atoms with E-state index in [9.17, 15) is 0 Å². The molecule has 0 bridgehead atoms. The predicted octanol–water partition coefficient (Wildman–Crippen LogP) is 3.98. The Bertz CT molecular complexity index is 818. The highest BCUT2D eigenvalue weighted by Crippen LogP contribution is 2.31. The van der Waals surface area contributed by atoms with Gasteiger partial charge in [0, 0.05) is 20.7 Å². The first-order valence-electron chi connectivity index (χ1n) is 5.85. The summed E-state index contributed by atoms with van der Waals surface area (Å²) in [6.07, 6.45) is 0. The summed E-state index contributed by atoms with van der Waals surface area (Å²) in [5.41, 5.74) is 7.68. The summed E-state index contributed by atoms with van der Waals surface area (Å²) in [6, 6.07) is 10.5. The zero-order chi connectivity index (χ0) is 15.0. The van der Waals surface area contributed by atoms with E-state index in [2.05, 4.69) is 31.5 Å². The average Bonchev–Trinajstić information content (AvgIpc) is 2.90. The van der Waals surface area contributed by atoms with Gasteiger partial charge in [0.1, 0.15) is 0 Å². The number of halogens is 3. The third-order valence-electron chi connectivity index (χ3n) is 2.84. The molecule has 0 aliphatic heterocycles. The van der Waals surface area contributed by atoms with Crippen LogP contribution in [0.25, 0.3) is 17.1 Å². The molecule has 0 saturated carbocycles. The number of anilines is 1. The van der Waals surface area contributed by atoms with Crippen LogP contribution in [0.4, 0.5) is 5.69 Å². The van der Waals surface area contributed by atoms with Crippen LogP contribution in [-0.4, -0.2) is 20.2 Å². The number of tetrazole rings is 1. The lowest BCUT2D eigenvalue weighted by atomic mass is 10.2. The van der Waals surface area contributed by atoms with Crippen molar-refractivity contribution in [2.24, 2.45) is 0 Å². The van der Waals surface area contributed by atoms with Gasteiger partial charge in [-0.15, -0.1) is 5.10 Å². The Morgan fingerprint density at radius 1 is 1.10 bits per heavy atom. The number of nitrogen functional groups attached to an aromatic ring is 1. The molecule has 0 aliphatic carbocycles. The maximum Gasteiger partial charge on any atom is 0.188 e. The van der Waals surface area contributed by atoms with Crippen molar-refractivity contribution in [3.63, 3.8) is 0 Å². The fourth-order valence-electron chi connectivity index (χ4n) is 1.88. The van der Waals surface area contributed by atoms with Gasteiger partial charge in [0.25, 0.3) is 0 Å². The molecule has 0 unspecified atom stereocenters. The molecule has 21 heavy (non-hydrogen) atoms. The van der Waals surface area contributed by atoms with Crippen molar-refractivity contribution in [3.8, 4) is 17.1 Å². The zero-order valence-corrected chi connectivity index (χ0v) is 13.6. The second-order valence-electron chi connectivity index (χ2n) is 4.25. The summed E-state index contributed by atoms with van der Waals surface area (Å²) in [5.74, 6) is 0.503. The molecule has 3 aromatic rings. The van der Waals surface area contributed by atoms with Gasteiger partial charge in [0.15, 0.2) is 5.82 Å². The molecule has 0 spiro atoms. The lowest BCUT2D eigenvalue weighted by Crippen LogP contribution is -2.01. The van der Waals surface area contributed by atoms with Crippen LogP contribution in [0.3, 0.4) is 0 Å². The summed E-state index contributed by atoms with van der Waals surface area (Å²) in [7, 11) is 0. The summed E-state index contributed by atoms with van der Waals surface area (Å²) < 4.78 is 2.37. The van der Waals surface area contributed by atoms with E-state index < -0.39 is 0 Å². The van der Waals surface area contributed by atoms with Crippen molar-refractivity contribution in [2.45, 2.75) is 0 Å². The van der Waals surface area contributed by atoms with Gasteiger partial charge in [-0.25, -0.2) is 0 Å². The minimum absolute atomic E-state index is 0.476. The highest BCUT2D eigenvalue weighted by atomic mass is 79.9. The molecule has 5 nitrogen and oxygen atoms in total. The number of nitrogens with two attached hydrogens (primary N) is 1. The summed E-state index contributed by atoms with van der Waals surface area (Å²) in [4.78, 5) is 0. The number of aromatic nitrogens is 4. The van der Waals surface area contributed by atoms with E-state index in [4.69, 9.17) is 28.9 Å². The molecule has 8 heteroatoms. The van der Waals surface area contributed by atoms with E-state index in [0.717, 1.165) is 10.2 Å². The van der Waals surface area contributed by atoms with Crippen LogP contribution in [-0.2, 0) is 0 Å². The predicted molar refractivity (Wildman–Crippen MR) is 86.7 cm³/mol. The van der Waals surface area contributed by atoms with Crippen molar-refractivity contribution < 1.29 is 0 Å². The van der Waals surface area contributed by atoms with Gasteiger partial charge in [0.05, 0.1) is 10.7 Å². The number of benzene rings is 2. The molecule has 2 N–H and O–H groups in total. The summed E-state index contributed by atoms with van der Waals surface area (Å²) >= 11 is 15.7. The Morgan fingerprint density at radius 3 is 2.67 bits per heavy atom. The second kappa shape index (κ2) is 5.63. The maximum atomic E-state index is 6.22. The van der Waals surface area contributed by atoms with Crippen molar-refractivity contribution in [2.75, 3.05) is 5.73 Å². The van der Waals surface area contributed by atoms with Crippen LogP contribution in [0.1, 0.15) is 0 Å². The van der Waals surface area contributed by atoms with Gasteiger partial charge in [-0.05, 0) is 62.8 Å². The van der Waals surface area contributed by atoms with E-state index >= 15 is 0 Å². The molecule has 106 valence electrons. The zero-order valence-electron chi connectivity index (χ0n) is 10.5. The van der Waals surface area contributed by atoms with E-state index in [1.54, 1.807) is 35.0 Å². The maximum absolute atomic E-state index is 6.22. The number of nitrogens with zero attached hydrogens (tertiary/aromatic N) is 4. The SMILES string of the molecule is Nc1ccc(-c2nnnn2-c2cc(Cl)ccc2Br)c(Cl)c1. The van der Waals surface area contributed by atoms with Crippen molar-refractivity contribution in [1.82, 2.24) is 20.2 Å². The monoisotopic (exact) mass is 383 g/mol. The van der Waals surface area contributed by atoms with Gasteiger partial charge in [0.2, 0.25) is 0 Å². The minimum atomic E-state index is 0.476. The third kappa shape index (κ3) is 2.74. The highest BCUT2D eigenvalue weighted by molar-refractivity contribution is 9.10. The molecule has 0 amide bonds. The van der Waals surface area contributed by atoms with E-state index in [1.165, 1.54) is 0 Å². The fourth-order valence-corrected chi connectivity index (χ4v) is 2.73. The van der Waals surface area contributed by atoms with Gasteiger partial charge in [-0.3, -0.25) is 0 Å². The van der Waals surface area contributed by atoms with Gasteiger partial charge < -0.3 is 5.73 Å². The molecule has 0 fully saturated rings. The topological polar surface area (TPSA) is 69.6 Å². The molecular formula is C13H8BrCl2N5. The van der Waals surface area contributed by atoms with Crippen LogP contribution < -0.4 is 5.73 Å². The Labute approximate surface area is 138 Å². The average molecular weight is 385 g/mol. The van der Waals surface area contributed by atoms with Crippen LogP contribution in [0.2, 0.25) is 10.0 Å². The Balaban J connectivity index is 2.19. The van der Waals surface area contributed by atoms with Crippen LogP contribution in [0, 0.1) is 0 Å². The Hall–Kier alpha value is -1.63. The molecule has 1 aromatic heterocycles. The highest BCUT2D eigenvalue weighted by Gasteiger charge is 2.16. The van der Waals surface area contributed by atoms with Crippen molar-refractivity contribution >= 4 is 44.8 Å². The fraction of sp³-hybridized carbons (Fsp3) is 0. The first-order chi connectivity index (χ1) is 10.1. The van der Waals surface area contributed by atoms with E-state index in [-0.39, 0.29) is 0 Å².